The van der Waals surface area contributed by atoms with E-state index >= 15 is 0 Å². The monoisotopic (exact) mass is 270 g/mol. The van der Waals surface area contributed by atoms with Gasteiger partial charge in [0.25, 0.3) is 0 Å². The third kappa shape index (κ3) is 2.69. The molecule has 6 heteroatoms. The summed E-state index contributed by atoms with van der Waals surface area (Å²) in [6.07, 6.45) is 3.56. The van der Waals surface area contributed by atoms with Crippen LogP contribution in [0.25, 0.3) is 11.0 Å². The van der Waals surface area contributed by atoms with Gasteiger partial charge in [0.05, 0.1) is 0 Å². The molecule has 2 aromatic heterocycles. The second-order valence-electron chi connectivity index (χ2n) is 4.61. The Morgan fingerprint density at radius 3 is 2.90 bits per heavy atom. The van der Waals surface area contributed by atoms with E-state index in [4.69, 9.17) is 4.42 Å². The number of anilines is 1. The van der Waals surface area contributed by atoms with Gasteiger partial charge in [-0.3, -0.25) is 4.79 Å². The van der Waals surface area contributed by atoms with Crippen LogP contribution in [0.3, 0.4) is 0 Å². The summed E-state index contributed by atoms with van der Waals surface area (Å²) >= 11 is 0. The highest BCUT2D eigenvalue weighted by molar-refractivity contribution is 5.93. The van der Waals surface area contributed by atoms with Gasteiger partial charge >= 0.3 is 0 Å². The molecule has 0 bridgehead atoms. The van der Waals surface area contributed by atoms with E-state index in [-0.39, 0.29) is 5.91 Å². The summed E-state index contributed by atoms with van der Waals surface area (Å²) < 4.78 is 7.26. The lowest BCUT2D eigenvalue weighted by atomic mass is 10.2. The van der Waals surface area contributed by atoms with Crippen molar-refractivity contribution in [2.75, 3.05) is 5.32 Å². The zero-order valence-electron chi connectivity index (χ0n) is 11.0. The summed E-state index contributed by atoms with van der Waals surface area (Å²) in [5, 5.41) is 11.2. The van der Waals surface area contributed by atoms with Gasteiger partial charge in [-0.1, -0.05) is 0 Å². The SMILES string of the molecule is Cc1cc2cc(NC(=O)CCn3cnnc3)ccc2o1. The Kier molecular flexibility index (Phi) is 3.20. The van der Waals surface area contributed by atoms with Crippen LogP contribution in [0.2, 0.25) is 0 Å². The number of rotatable bonds is 4. The van der Waals surface area contributed by atoms with E-state index in [0.717, 1.165) is 22.4 Å². The van der Waals surface area contributed by atoms with Crippen LogP contribution in [0.1, 0.15) is 12.2 Å². The van der Waals surface area contributed by atoms with E-state index in [2.05, 4.69) is 15.5 Å². The van der Waals surface area contributed by atoms with Gasteiger partial charge < -0.3 is 14.3 Å². The van der Waals surface area contributed by atoms with Crippen molar-refractivity contribution in [3.05, 3.63) is 42.7 Å². The molecule has 0 aliphatic heterocycles. The Bertz CT molecular complexity index is 731. The summed E-state index contributed by atoms with van der Waals surface area (Å²) in [7, 11) is 0. The van der Waals surface area contributed by atoms with Crippen molar-refractivity contribution < 1.29 is 9.21 Å². The number of nitrogens with zero attached hydrogens (tertiary/aromatic N) is 3. The minimum atomic E-state index is -0.0433. The zero-order valence-corrected chi connectivity index (χ0v) is 11.0. The highest BCUT2D eigenvalue weighted by atomic mass is 16.3. The topological polar surface area (TPSA) is 73.0 Å². The third-order valence-corrected chi connectivity index (χ3v) is 2.99. The lowest BCUT2D eigenvalue weighted by Gasteiger charge is -2.05. The normalized spacial score (nSPS) is 10.8. The van der Waals surface area contributed by atoms with Crippen molar-refractivity contribution in [1.82, 2.24) is 14.8 Å². The maximum atomic E-state index is 11.9. The van der Waals surface area contributed by atoms with E-state index in [0.29, 0.717) is 13.0 Å². The Morgan fingerprint density at radius 2 is 2.10 bits per heavy atom. The molecule has 0 saturated carbocycles. The van der Waals surface area contributed by atoms with Gasteiger partial charge in [0.1, 0.15) is 24.0 Å². The van der Waals surface area contributed by atoms with Crippen molar-refractivity contribution in [3.8, 4) is 0 Å². The molecule has 0 unspecified atom stereocenters. The fourth-order valence-electron chi connectivity index (χ4n) is 2.05. The van der Waals surface area contributed by atoms with Crippen LogP contribution in [0.15, 0.2) is 41.3 Å². The molecule has 20 heavy (non-hydrogen) atoms. The van der Waals surface area contributed by atoms with Gasteiger partial charge in [-0.2, -0.15) is 0 Å². The number of carbonyl (C=O) groups excluding carboxylic acids is 1. The highest BCUT2D eigenvalue weighted by Gasteiger charge is 2.05. The Balaban J connectivity index is 1.64. The molecule has 0 saturated heterocycles. The lowest BCUT2D eigenvalue weighted by Crippen LogP contribution is -2.13. The van der Waals surface area contributed by atoms with Gasteiger partial charge in [0.2, 0.25) is 5.91 Å². The number of carbonyl (C=O) groups is 1. The summed E-state index contributed by atoms with van der Waals surface area (Å²) in [4.78, 5) is 11.9. The molecule has 2 heterocycles. The molecule has 1 aromatic carbocycles. The number of hydrogen-bond acceptors (Lipinski definition) is 4. The Hall–Kier alpha value is -2.63. The minimum Gasteiger partial charge on any atom is -0.461 e. The van der Waals surface area contributed by atoms with Crippen molar-refractivity contribution in [3.63, 3.8) is 0 Å². The van der Waals surface area contributed by atoms with Gasteiger partial charge in [0.15, 0.2) is 0 Å². The smallest absolute Gasteiger partial charge is 0.226 e. The quantitative estimate of drug-likeness (QED) is 0.789. The first kappa shape index (κ1) is 12.4. The average molecular weight is 270 g/mol. The number of nitrogens with one attached hydrogen (secondary N) is 1. The van der Waals surface area contributed by atoms with Crippen molar-refractivity contribution in [1.29, 1.82) is 0 Å². The second-order valence-corrected chi connectivity index (χ2v) is 4.61. The van der Waals surface area contributed by atoms with Gasteiger partial charge in [-0.25, -0.2) is 0 Å². The molecule has 1 N–H and O–H groups in total. The lowest BCUT2D eigenvalue weighted by molar-refractivity contribution is -0.116. The van der Waals surface area contributed by atoms with E-state index in [1.54, 1.807) is 17.2 Å². The number of aryl methyl sites for hydroxylation is 2. The predicted octanol–water partition coefficient (Wildman–Crippen LogP) is 2.36. The molecule has 102 valence electrons. The fourth-order valence-corrected chi connectivity index (χ4v) is 2.05. The molecule has 3 aromatic rings. The highest BCUT2D eigenvalue weighted by Crippen LogP contribution is 2.22. The number of hydrogen-bond donors (Lipinski definition) is 1. The molecule has 0 aliphatic rings. The zero-order chi connectivity index (χ0) is 13.9. The first-order valence-electron chi connectivity index (χ1n) is 6.33. The van der Waals surface area contributed by atoms with Crippen LogP contribution in [0.4, 0.5) is 5.69 Å². The molecule has 6 nitrogen and oxygen atoms in total. The molecular formula is C14H14N4O2. The van der Waals surface area contributed by atoms with Crippen molar-refractivity contribution in [2.24, 2.45) is 0 Å². The molecule has 0 radical (unpaired) electrons. The summed E-state index contributed by atoms with van der Waals surface area (Å²) in [6, 6.07) is 7.55. The molecule has 0 atom stereocenters. The summed E-state index contributed by atoms with van der Waals surface area (Å²) in [5.41, 5.74) is 1.59. The first-order chi connectivity index (χ1) is 9.70. The summed E-state index contributed by atoms with van der Waals surface area (Å²) in [6.45, 7) is 2.46. The van der Waals surface area contributed by atoms with Crippen LogP contribution in [-0.4, -0.2) is 20.7 Å². The Labute approximate surface area is 115 Å². The first-order valence-corrected chi connectivity index (χ1v) is 6.33. The van der Waals surface area contributed by atoms with E-state index in [1.165, 1.54) is 0 Å². The summed E-state index contributed by atoms with van der Waals surface area (Å²) in [5.74, 6) is 0.814. The van der Waals surface area contributed by atoms with Crippen LogP contribution < -0.4 is 5.32 Å². The molecule has 3 rings (SSSR count). The predicted molar refractivity (Wildman–Crippen MR) is 74.2 cm³/mol. The molecule has 0 aliphatic carbocycles. The van der Waals surface area contributed by atoms with E-state index < -0.39 is 0 Å². The van der Waals surface area contributed by atoms with Crippen LogP contribution in [-0.2, 0) is 11.3 Å². The fraction of sp³-hybridized carbons (Fsp3) is 0.214. The Morgan fingerprint density at radius 1 is 1.30 bits per heavy atom. The van der Waals surface area contributed by atoms with Crippen molar-refractivity contribution >= 4 is 22.6 Å². The maximum Gasteiger partial charge on any atom is 0.226 e. The maximum absolute atomic E-state index is 11.9. The van der Waals surface area contributed by atoms with Crippen LogP contribution >= 0.6 is 0 Å². The number of amides is 1. The number of furan rings is 1. The van der Waals surface area contributed by atoms with Crippen molar-refractivity contribution in [2.45, 2.75) is 19.9 Å². The molecular weight excluding hydrogens is 256 g/mol. The average Bonchev–Trinajstić information content (AvgIpc) is 3.04. The van der Waals surface area contributed by atoms with E-state index in [1.807, 2.05) is 31.2 Å². The molecule has 0 spiro atoms. The number of aromatic nitrogens is 3. The van der Waals surface area contributed by atoms with E-state index in [9.17, 15) is 4.79 Å². The van der Waals surface area contributed by atoms with Gasteiger partial charge in [0, 0.05) is 24.0 Å². The number of benzene rings is 1. The largest absolute Gasteiger partial charge is 0.461 e. The third-order valence-electron chi connectivity index (χ3n) is 2.99. The van der Waals surface area contributed by atoms with Gasteiger partial charge in [-0.05, 0) is 31.2 Å². The second kappa shape index (κ2) is 5.16. The van der Waals surface area contributed by atoms with Crippen LogP contribution in [0.5, 0.6) is 0 Å². The standard InChI is InChI=1S/C14H14N4O2/c1-10-6-11-7-12(2-3-13(11)20-10)17-14(19)4-5-18-8-15-16-9-18/h2-3,6-9H,4-5H2,1H3,(H,17,19). The number of fused-ring (bicyclic) bond motifs is 1. The minimum absolute atomic E-state index is 0.0433. The van der Waals surface area contributed by atoms with Crippen LogP contribution in [0, 0.1) is 6.92 Å². The molecule has 1 amide bonds. The molecule has 0 fully saturated rings. The van der Waals surface area contributed by atoms with Gasteiger partial charge in [-0.15, -0.1) is 10.2 Å².